The Morgan fingerprint density at radius 3 is 2.59 bits per heavy atom. The number of aromatic nitrogens is 1. The molecule has 1 aromatic heterocycles. The van der Waals surface area contributed by atoms with E-state index < -0.39 is 5.51 Å². The van der Waals surface area contributed by atoms with Gasteiger partial charge in [-0.25, -0.2) is 4.98 Å². The maximum Gasteiger partial charge on any atom is 0.446 e. The molecule has 0 radical (unpaired) electrons. The van der Waals surface area contributed by atoms with Crippen LogP contribution in [0.1, 0.15) is 27.3 Å². The average Bonchev–Trinajstić information content (AvgIpc) is 2.98. The Hall–Kier alpha value is -1.54. The van der Waals surface area contributed by atoms with E-state index in [4.69, 9.17) is 0 Å². The van der Waals surface area contributed by atoms with Crippen LogP contribution < -0.4 is 5.32 Å². The molecule has 0 unspecified atom stereocenters. The Balaban J connectivity index is 1.66. The van der Waals surface area contributed by atoms with Gasteiger partial charge in [0, 0.05) is 15.3 Å². The number of hydrogen-bond acceptors (Lipinski definition) is 4. The average molecular weight is 344 g/mol. The van der Waals surface area contributed by atoms with E-state index in [-0.39, 0.29) is 22.6 Å². The molecule has 22 heavy (non-hydrogen) atoms. The summed E-state index contributed by atoms with van der Waals surface area (Å²) in [5, 5.41) is 3.24. The van der Waals surface area contributed by atoms with Gasteiger partial charge in [-0.15, -0.1) is 11.3 Å². The molecule has 3 nitrogen and oxygen atoms in total. The lowest BCUT2D eigenvalue weighted by Crippen LogP contribution is -2.11. The first-order valence-corrected chi connectivity index (χ1v) is 8.20. The first-order chi connectivity index (χ1) is 10.4. The van der Waals surface area contributed by atoms with E-state index in [1.54, 1.807) is 0 Å². The summed E-state index contributed by atoms with van der Waals surface area (Å²) in [6.07, 6.45) is 3.03. The van der Waals surface area contributed by atoms with Gasteiger partial charge in [0.25, 0.3) is 5.91 Å². The molecular formula is C14H11F3N2OS2. The minimum atomic E-state index is -4.33. The van der Waals surface area contributed by atoms with Crippen LogP contribution in [-0.4, -0.2) is 16.4 Å². The summed E-state index contributed by atoms with van der Waals surface area (Å²) < 4.78 is 36.7. The first kappa shape index (κ1) is 15.4. The number of alkyl halides is 3. The molecule has 8 heteroatoms. The third-order valence-electron chi connectivity index (χ3n) is 3.17. The van der Waals surface area contributed by atoms with Gasteiger partial charge in [0.1, 0.15) is 0 Å². The van der Waals surface area contributed by atoms with Gasteiger partial charge in [-0.2, -0.15) is 13.2 Å². The molecule has 0 bridgehead atoms. The first-order valence-electron chi connectivity index (χ1n) is 6.56. The Bertz CT molecular complexity index is 674. The molecule has 1 aliphatic carbocycles. The van der Waals surface area contributed by atoms with Crippen LogP contribution >= 0.6 is 23.1 Å². The van der Waals surface area contributed by atoms with Crippen molar-refractivity contribution in [1.82, 2.24) is 4.98 Å². The minimum absolute atomic E-state index is 0.0530. The molecule has 0 saturated carbocycles. The summed E-state index contributed by atoms with van der Waals surface area (Å²) >= 11 is 1.26. The molecule has 116 valence electrons. The fourth-order valence-electron chi connectivity index (χ4n) is 2.22. The van der Waals surface area contributed by atoms with Crippen LogP contribution in [0.15, 0.2) is 29.2 Å². The van der Waals surface area contributed by atoms with Crippen molar-refractivity contribution in [2.45, 2.75) is 29.7 Å². The number of hydrogen-bond donors (Lipinski definition) is 1. The SMILES string of the molecule is O=C(Nc1nc2c(s1)CCC2)c1ccc(SC(F)(F)F)cc1. The molecule has 0 atom stereocenters. The third-order valence-corrected chi connectivity index (χ3v) is 4.98. The number of benzene rings is 1. The molecule has 0 aliphatic heterocycles. The lowest BCUT2D eigenvalue weighted by atomic mass is 10.2. The monoisotopic (exact) mass is 344 g/mol. The molecule has 0 spiro atoms. The zero-order valence-electron chi connectivity index (χ0n) is 11.2. The lowest BCUT2D eigenvalue weighted by Gasteiger charge is -2.06. The number of nitrogens with one attached hydrogen (secondary N) is 1. The largest absolute Gasteiger partial charge is 0.446 e. The highest BCUT2D eigenvalue weighted by Crippen LogP contribution is 2.36. The van der Waals surface area contributed by atoms with Crippen LogP contribution in [0.5, 0.6) is 0 Å². The molecule has 1 heterocycles. The van der Waals surface area contributed by atoms with Gasteiger partial charge in [0.2, 0.25) is 0 Å². The highest BCUT2D eigenvalue weighted by molar-refractivity contribution is 8.00. The summed E-state index contributed by atoms with van der Waals surface area (Å²) in [4.78, 5) is 17.7. The Morgan fingerprint density at radius 2 is 1.95 bits per heavy atom. The normalized spacial score (nSPS) is 14.0. The van der Waals surface area contributed by atoms with Gasteiger partial charge in [-0.05, 0) is 55.3 Å². The van der Waals surface area contributed by atoms with E-state index in [2.05, 4.69) is 10.3 Å². The van der Waals surface area contributed by atoms with Crippen molar-refractivity contribution in [2.75, 3.05) is 5.32 Å². The summed E-state index contributed by atoms with van der Waals surface area (Å²) in [6, 6.07) is 5.33. The van der Waals surface area contributed by atoms with Crippen LogP contribution in [-0.2, 0) is 12.8 Å². The lowest BCUT2D eigenvalue weighted by molar-refractivity contribution is -0.0328. The molecule has 1 amide bonds. The molecule has 1 N–H and O–H groups in total. The Morgan fingerprint density at radius 1 is 1.23 bits per heavy atom. The highest BCUT2D eigenvalue weighted by atomic mass is 32.2. The van der Waals surface area contributed by atoms with Crippen molar-refractivity contribution in [3.05, 3.63) is 40.4 Å². The third kappa shape index (κ3) is 3.61. The summed E-state index contributed by atoms with van der Waals surface area (Å²) in [6.45, 7) is 0. The number of rotatable bonds is 3. The highest BCUT2D eigenvalue weighted by Gasteiger charge is 2.29. The quantitative estimate of drug-likeness (QED) is 0.834. The van der Waals surface area contributed by atoms with E-state index in [0.717, 1.165) is 25.0 Å². The van der Waals surface area contributed by atoms with E-state index in [9.17, 15) is 18.0 Å². The van der Waals surface area contributed by atoms with Crippen molar-refractivity contribution in [3.8, 4) is 0 Å². The maximum atomic E-state index is 12.2. The summed E-state index contributed by atoms with van der Waals surface area (Å²) in [5.74, 6) is -0.365. The fourth-order valence-corrected chi connectivity index (χ4v) is 3.81. The van der Waals surface area contributed by atoms with Crippen molar-refractivity contribution in [1.29, 1.82) is 0 Å². The predicted octanol–water partition coefficient (Wildman–Crippen LogP) is 4.50. The number of amides is 1. The van der Waals surface area contributed by atoms with Crippen LogP contribution in [0.4, 0.5) is 18.3 Å². The van der Waals surface area contributed by atoms with E-state index >= 15 is 0 Å². The number of carbonyl (C=O) groups is 1. The van der Waals surface area contributed by atoms with E-state index in [0.29, 0.717) is 10.7 Å². The van der Waals surface area contributed by atoms with Crippen LogP contribution in [0.25, 0.3) is 0 Å². The molecule has 0 saturated heterocycles. The molecule has 1 aromatic carbocycles. The molecule has 3 rings (SSSR count). The Kier molecular flexibility index (Phi) is 4.14. The number of fused-ring (bicyclic) bond motifs is 1. The predicted molar refractivity (Wildman–Crippen MR) is 80.4 cm³/mol. The minimum Gasteiger partial charge on any atom is -0.298 e. The topological polar surface area (TPSA) is 42.0 Å². The van der Waals surface area contributed by atoms with Crippen LogP contribution in [0.2, 0.25) is 0 Å². The van der Waals surface area contributed by atoms with E-state index in [1.165, 1.54) is 40.5 Å². The summed E-state index contributed by atoms with van der Waals surface area (Å²) in [7, 11) is 0. The molecule has 1 aliphatic rings. The Labute approximate surface area is 132 Å². The summed E-state index contributed by atoms with van der Waals surface area (Å²) in [5.41, 5.74) is -2.98. The second-order valence-electron chi connectivity index (χ2n) is 4.77. The standard InChI is InChI=1S/C14H11F3N2OS2/c15-14(16,17)22-9-6-4-8(5-7-9)12(20)19-13-18-10-2-1-3-11(10)21-13/h4-7H,1-3H2,(H,18,19,20). The number of anilines is 1. The number of carbonyl (C=O) groups excluding carboxylic acids is 1. The van der Waals surface area contributed by atoms with Crippen molar-refractivity contribution in [3.63, 3.8) is 0 Å². The second-order valence-corrected chi connectivity index (χ2v) is 6.99. The van der Waals surface area contributed by atoms with E-state index in [1.807, 2.05) is 0 Å². The van der Waals surface area contributed by atoms with Gasteiger partial charge in [-0.1, -0.05) is 0 Å². The number of thiazole rings is 1. The number of aryl methyl sites for hydroxylation is 2. The van der Waals surface area contributed by atoms with Crippen molar-refractivity contribution in [2.24, 2.45) is 0 Å². The molecule has 0 fully saturated rings. The maximum absolute atomic E-state index is 12.2. The van der Waals surface area contributed by atoms with Gasteiger partial charge >= 0.3 is 5.51 Å². The molecular weight excluding hydrogens is 333 g/mol. The van der Waals surface area contributed by atoms with Crippen LogP contribution in [0.3, 0.4) is 0 Å². The second kappa shape index (κ2) is 5.92. The van der Waals surface area contributed by atoms with Crippen molar-refractivity contribution < 1.29 is 18.0 Å². The van der Waals surface area contributed by atoms with Gasteiger partial charge < -0.3 is 0 Å². The molecule has 2 aromatic rings. The van der Waals surface area contributed by atoms with Gasteiger partial charge in [0.05, 0.1) is 5.69 Å². The zero-order valence-corrected chi connectivity index (χ0v) is 12.9. The van der Waals surface area contributed by atoms with Gasteiger partial charge in [-0.3, -0.25) is 10.1 Å². The van der Waals surface area contributed by atoms with Crippen LogP contribution in [0, 0.1) is 0 Å². The smallest absolute Gasteiger partial charge is 0.298 e. The number of halogens is 3. The number of thioether (sulfide) groups is 1. The van der Waals surface area contributed by atoms with Crippen molar-refractivity contribution >= 4 is 34.1 Å². The zero-order chi connectivity index (χ0) is 15.7. The number of nitrogens with zero attached hydrogens (tertiary/aromatic N) is 1. The van der Waals surface area contributed by atoms with Gasteiger partial charge in [0.15, 0.2) is 5.13 Å². The fraction of sp³-hybridized carbons (Fsp3) is 0.286.